The van der Waals surface area contributed by atoms with E-state index < -0.39 is 0 Å². The second-order valence-electron chi connectivity index (χ2n) is 6.15. The van der Waals surface area contributed by atoms with Crippen molar-refractivity contribution in [3.63, 3.8) is 0 Å². The van der Waals surface area contributed by atoms with Crippen molar-refractivity contribution in [1.29, 1.82) is 0 Å². The first-order chi connectivity index (χ1) is 12.5. The molecule has 4 aromatic rings. The molecule has 0 spiro atoms. The average Bonchev–Trinajstić information content (AvgIpc) is 3.15. The first kappa shape index (κ1) is 16.1. The highest BCUT2D eigenvalue weighted by molar-refractivity contribution is 5.65. The van der Waals surface area contributed by atoms with E-state index in [9.17, 15) is 9.18 Å². The van der Waals surface area contributed by atoms with Gasteiger partial charge in [0, 0.05) is 5.69 Å². The predicted octanol–water partition coefficient (Wildman–Crippen LogP) is 3.77. The van der Waals surface area contributed by atoms with Crippen LogP contribution in [0.2, 0.25) is 0 Å². The number of para-hydroxylation sites is 1. The van der Waals surface area contributed by atoms with Crippen LogP contribution >= 0.6 is 0 Å². The van der Waals surface area contributed by atoms with Gasteiger partial charge in [-0.1, -0.05) is 18.2 Å². The second-order valence-corrected chi connectivity index (χ2v) is 6.15. The number of nitrogens with one attached hydrogen (secondary N) is 1. The molecule has 0 aliphatic carbocycles. The van der Waals surface area contributed by atoms with Crippen molar-refractivity contribution in [3.8, 4) is 22.6 Å². The number of H-pyrrole nitrogens is 1. The van der Waals surface area contributed by atoms with Crippen LogP contribution in [0.5, 0.6) is 0 Å². The monoisotopic (exact) mass is 348 g/mol. The predicted molar refractivity (Wildman–Crippen MR) is 98.4 cm³/mol. The number of hydrogen-bond donors (Lipinski definition) is 1. The lowest BCUT2D eigenvalue weighted by atomic mass is 10.1. The summed E-state index contributed by atoms with van der Waals surface area (Å²) in [5, 5.41) is 7.61. The molecule has 0 unspecified atom stereocenters. The zero-order chi connectivity index (χ0) is 18.3. The van der Waals surface area contributed by atoms with Gasteiger partial charge in [-0.25, -0.2) is 13.8 Å². The summed E-state index contributed by atoms with van der Waals surface area (Å²) in [4.78, 5) is 13.1. The molecule has 2 heterocycles. The SMILES string of the molecule is Cc1cc(-c2c(C)[nH]n(-c3ccccc3)c2=O)n(-c2ccc(F)cc2)n1. The fraction of sp³-hybridized carbons (Fsp3) is 0.100. The molecular formula is C20H17FN4O. The molecule has 0 amide bonds. The van der Waals surface area contributed by atoms with Gasteiger partial charge in [0.1, 0.15) is 5.82 Å². The third-order valence-electron chi connectivity index (χ3n) is 4.24. The zero-order valence-corrected chi connectivity index (χ0v) is 14.4. The van der Waals surface area contributed by atoms with Gasteiger partial charge in [-0.3, -0.25) is 9.89 Å². The molecule has 0 aliphatic rings. The minimum absolute atomic E-state index is 0.156. The van der Waals surface area contributed by atoms with Crippen LogP contribution in [-0.4, -0.2) is 19.6 Å². The van der Waals surface area contributed by atoms with Crippen molar-refractivity contribution < 1.29 is 4.39 Å². The van der Waals surface area contributed by atoms with Gasteiger partial charge < -0.3 is 0 Å². The smallest absolute Gasteiger partial charge is 0.280 e. The number of rotatable bonds is 3. The highest BCUT2D eigenvalue weighted by Crippen LogP contribution is 2.24. The van der Waals surface area contributed by atoms with E-state index in [1.54, 1.807) is 16.8 Å². The Morgan fingerprint density at radius 2 is 1.65 bits per heavy atom. The molecule has 4 rings (SSSR count). The molecule has 130 valence electrons. The Bertz CT molecular complexity index is 1120. The molecule has 0 saturated carbocycles. The number of aromatic amines is 1. The number of benzene rings is 2. The van der Waals surface area contributed by atoms with Crippen molar-refractivity contribution in [2.75, 3.05) is 0 Å². The molecule has 0 radical (unpaired) electrons. The van der Waals surface area contributed by atoms with E-state index >= 15 is 0 Å². The zero-order valence-electron chi connectivity index (χ0n) is 14.4. The number of aromatic nitrogens is 4. The Hall–Kier alpha value is -3.41. The van der Waals surface area contributed by atoms with Gasteiger partial charge in [0.2, 0.25) is 0 Å². The molecule has 2 aromatic heterocycles. The fourth-order valence-corrected chi connectivity index (χ4v) is 3.06. The van der Waals surface area contributed by atoms with Gasteiger partial charge in [0.15, 0.2) is 0 Å². The van der Waals surface area contributed by atoms with Crippen LogP contribution in [-0.2, 0) is 0 Å². The van der Waals surface area contributed by atoms with E-state index in [1.807, 2.05) is 50.2 Å². The van der Waals surface area contributed by atoms with Crippen LogP contribution in [0.15, 0.2) is 65.5 Å². The van der Waals surface area contributed by atoms with E-state index in [4.69, 9.17) is 0 Å². The summed E-state index contributed by atoms with van der Waals surface area (Å²) < 4.78 is 16.4. The molecule has 0 fully saturated rings. The molecule has 26 heavy (non-hydrogen) atoms. The summed E-state index contributed by atoms with van der Waals surface area (Å²) >= 11 is 0. The maximum Gasteiger partial charge on any atom is 0.280 e. The molecule has 0 bridgehead atoms. The number of aryl methyl sites for hydroxylation is 2. The van der Waals surface area contributed by atoms with Gasteiger partial charge in [0.25, 0.3) is 5.56 Å². The van der Waals surface area contributed by atoms with Crippen LogP contribution < -0.4 is 5.56 Å². The maximum atomic E-state index is 13.3. The molecule has 0 saturated heterocycles. The topological polar surface area (TPSA) is 55.6 Å². The quantitative estimate of drug-likeness (QED) is 0.613. The minimum atomic E-state index is -0.316. The van der Waals surface area contributed by atoms with Gasteiger partial charge >= 0.3 is 0 Å². The third-order valence-corrected chi connectivity index (χ3v) is 4.24. The molecule has 1 N–H and O–H groups in total. The Kier molecular flexibility index (Phi) is 3.80. The highest BCUT2D eigenvalue weighted by Gasteiger charge is 2.19. The average molecular weight is 348 g/mol. The summed E-state index contributed by atoms with van der Waals surface area (Å²) in [7, 11) is 0. The molecule has 0 atom stereocenters. The van der Waals surface area contributed by atoms with Crippen molar-refractivity contribution in [3.05, 3.63) is 88.2 Å². The van der Waals surface area contributed by atoms with E-state index in [0.29, 0.717) is 16.9 Å². The van der Waals surface area contributed by atoms with Crippen LogP contribution in [0.1, 0.15) is 11.4 Å². The van der Waals surface area contributed by atoms with Crippen LogP contribution in [0.4, 0.5) is 4.39 Å². The summed E-state index contributed by atoms with van der Waals surface area (Å²) in [6.07, 6.45) is 0. The molecule has 6 heteroatoms. The lowest BCUT2D eigenvalue weighted by Gasteiger charge is -2.06. The van der Waals surface area contributed by atoms with E-state index in [-0.39, 0.29) is 11.4 Å². The Balaban J connectivity index is 1.91. The summed E-state index contributed by atoms with van der Waals surface area (Å²) in [5.74, 6) is -0.316. The standard InChI is InChI=1S/C20H17FN4O/c1-13-12-18(24(22-13)17-10-8-15(21)9-11-17)19-14(2)23-25(20(19)26)16-6-4-3-5-7-16/h3-12,23H,1-2H3. The van der Waals surface area contributed by atoms with E-state index in [1.165, 1.54) is 16.8 Å². The number of hydrogen-bond acceptors (Lipinski definition) is 2. The van der Waals surface area contributed by atoms with Crippen molar-refractivity contribution >= 4 is 0 Å². The van der Waals surface area contributed by atoms with E-state index in [0.717, 1.165) is 17.1 Å². The maximum absolute atomic E-state index is 13.3. The van der Waals surface area contributed by atoms with Crippen LogP contribution in [0, 0.1) is 19.7 Å². The Morgan fingerprint density at radius 3 is 2.35 bits per heavy atom. The van der Waals surface area contributed by atoms with Crippen LogP contribution in [0.25, 0.3) is 22.6 Å². The number of halogens is 1. The fourth-order valence-electron chi connectivity index (χ4n) is 3.06. The van der Waals surface area contributed by atoms with Gasteiger partial charge in [-0.15, -0.1) is 0 Å². The highest BCUT2D eigenvalue weighted by atomic mass is 19.1. The van der Waals surface area contributed by atoms with Gasteiger partial charge in [-0.05, 0) is 56.3 Å². The summed E-state index contributed by atoms with van der Waals surface area (Å²) in [6.45, 7) is 3.72. The van der Waals surface area contributed by atoms with Gasteiger partial charge in [0.05, 0.1) is 28.3 Å². The largest absolute Gasteiger partial charge is 0.295 e. The summed E-state index contributed by atoms with van der Waals surface area (Å²) in [5.41, 5.74) is 4.02. The lowest BCUT2D eigenvalue weighted by molar-refractivity contribution is 0.627. The first-order valence-electron chi connectivity index (χ1n) is 8.24. The van der Waals surface area contributed by atoms with Crippen molar-refractivity contribution in [1.82, 2.24) is 19.6 Å². The second kappa shape index (κ2) is 6.15. The third kappa shape index (κ3) is 2.65. The Morgan fingerprint density at radius 1 is 0.962 bits per heavy atom. The van der Waals surface area contributed by atoms with Gasteiger partial charge in [-0.2, -0.15) is 5.10 Å². The number of nitrogens with zero attached hydrogens (tertiary/aromatic N) is 3. The molecular weight excluding hydrogens is 331 g/mol. The van der Waals surface area contributed by atoms with Crippen LogP contribution in [0.3, 0.4) is 0 Å². The molecule has 2 aromatic carbocycles. The lowest BCUT2D eigenvalue weighted by Crippen LogP contribution is -2.16. The minimum Gasteiger partial charge on any atom is -0.295 e. The van der Waals surface area contributed by atoms with E-state index in [2.05, 4.69) is 10.2 Å². The van der Waals surface area contributed by atoms with Crippen molar-refractivity contribution in [2.45, 2.75) is 13.8 Å². The van der Waals surface area contributed by atoms with Crippen molar-refractivity contribution in [2.24, 2.45) is 0 Å². The summed E-state index contributed by atoms with van der Waals surface area (Å²) in [6, 6.07) is 17.3. The first-order valence-corrected chi connectivity index (χ1v) is 8.24. The molecule has 0 aliphatic heterocycles. The normalized spacial score (nSPS) is 11.0. The molecule has 5 nitrogen and oxygen atoms in total. The Labute approximate surface area is 149 Å².